The summed E-state index contributed by atoms with van der Waals surface area (Å²) in [5, 5.41) is 8.27. The number of hydrogen-bond donors (Lipinski definition) is 1. The molecule has 2 aromatic heterocycles. The number of amides is 1. The lowest BCUT2D eigenvalue weighted by atomic mass is 10.2. The summed E-state index contributed by atoms with van der Waals surface area (Å²) < 4.78 is 1.39. The first-order valence-electron chi connectivity index (χ1n) is 8.43. The highest BCUT2D eigenvalue weighted by atomic mass is 32.2. The highest BCUT2D eigenvalue weighted by Crippen LogP contribution is 2.41. The van der Waals surface area contributed by atoms with Crippen LogP contribution < -0.4 is 10.9 Å². The van der Waals surface area contributed by atoms with Crippen LogP contribution in [0.3, 0.4) is 0 Å². The Morgan fingerprint density at radius 2 is 2.19 bits per heavy atom. The number of nitrogens with one attached hydrogen (secondary N) is 1. The molecule has 0 bridgehead atoms. The number of aryl methyl sites for hydroxylation is 1. The number of benzene rings is 1. The zero-order chi connectivity index (χ0) is 18.1. The summed E-state index contributed by atoms with van der Waals surface area (Å²) in [6.45, 7) is 1.96. The Hall–Kier alpha value is -2.19. The molecule has 0 atom stereocenters. The maximum Gasteiger partial charge on any atom is 0.275 e. The number of carbonyl (C=O) groups excluding carboxylic acids is 1. The van der Waals surface area contributed by atoms with Gasteiger partial charge in [-0.2, -0.15) is 9.61 Å². The third kappa shape index (κ3) is 3.81. The Bertz CT molecular complexity index is 1020. The van der Waals surface area contributed by atoms with Gasteiger partial charge in [-0.25, -0.2) is 4.98 Å². The van der Waals surface area contributed by atoms with Crippen molar-refractivity contribution >= 4 is 39.7 Å². The molecule has 1 amide bonds. The normalized spacial score (nSPS) is 13.9. The van der Waals surface area contributed by atoms with Crippen molar-refractivity contribution in [2.45, 2.75) is 31.4 Å². The van der Waals surface area contributed by atoms with Crippen LogP contribution in [0.25, 0.3) is 4.96 Å². The molecule has 3 aromatic rings. The largest absolute Gasteiger partial charge is 0.325 e. The summed E-state index contributed by atoms with van der Waals surface area (Å²) in [5.41, 5.74) is 2.39. The minimum Gasteiger partial charge on any atom is -0.325 e. The topological polar surface area (TPSA) is 76.4 Å². The third-order valence-corrected chi connectivity index (χ3v) is 6.18. The second kappa shape index (κ2) is 7.20. The Morgan fingerprint density at radius 3 is 2.96 bits per heavy atom. The number of para-hydroxylation sites is 1. The maximum absolute atomic E-state index is 12.2. The highest BCUT2D eigenvalue weighted by molar-refractivity contribution is 7.99. The number of rotatable bonds is 6. The van der Waals surface area contributed by atoms with Crippen molar-refractivity contribution in [3.8, 4) is 0 Å². The first-order chi connectivity index (χ1) is 12.6. The molecule has 8 heteroatoms. The molecule has 0 spiro atoms. The number of nitrogens with zero attached hydrogens (tertiary/aromatic N) is 3. The highest BCUT2D eigenvalue weighted by Gasteiger charge is 2.28. The van der Waals surface area contributed by atoms with Gasteiger partial charge in [-0.05, 0) is 31.4 Å². The van der Waals surface area contributed by atoms with Crippen molar-refractivity contribution in [3.63, 3.8) is 0 Å². The Balaban J connectivity index is 1.37. The Labute approximate surface area is 158 Å². The molecule has 1 fully saturated rings. The van der Waals surface area contributed by atoms with Crippen LogP contribution in [-0.4, -0.2) is 26.3 Å². The molecule has 134 valence electrons. The molecule has 0 unspecified atom stereocenters. The molecular formula is C18H18N4O2S2. The van der Waals surface area contributed by atoms with E-state index in [0.29, 0.717) is 28.1 Å². The van der Waals surface area contributed by atoms with E-state index in [1.165, 1.54) is 33.7 Å². The molecule has 2 heterocycles. The van der Waals surface area contributed by atoms with Crippen molar-refractivity contribution in [1.82, 2.24) is 14.6 Å². The SMILES string of the molecule is Cc1ccccc1NC(=O)CSCc1cc(=O)n2nc(C3CC3)sc2n1. The van der Waals surface area contributed by atoms with Gasteiger partial charge in [-0.15, -0.1) is 11.8 Å². The van der Waals surface area contributed by atoms with E-state index in [2.05, 4.69) is 15.4 Å². The number of anilines is 1. The van der Waals surface area contributed by atoms with E-state index in [-0.39, 0.29) is 11.5 Å². The van der Waals surface area contributed by atoms with Crippen LogP contribution in [-0.2, 0) is 10.5 Å². The first-order valence-corrected chi connectivity index (χ1v) is 10.4. The standard InChI is InChI=1S/C18H18N4O2S2/c1-11-4-2-3-5-14(11)20-15(23)10-25-9-13-8-16(24)22-18(19-13)26-17(21-22)12-6-7-12/h2-5,8,12H,6-7,9-10H2,1H3,(H,20,23). The van der Waals surface area contributed by atoms with Gasteiger partial charge in [0.25, 0.3) is 5.56 Å². The smallest absolute Gasteiger partial charge is 0.275 e. The number of thioether (sulfide) groups is 1. The van der Waals surface area contributed by atoms with Gasteiger partial charge >= 0.3 is 0 Å². The van der Waals surface area contributed by atoms with Crippen LogP contribution in [0.4, 0.5) is 5.69 Å². The number of hydrogen-bond acceptors (Lipinski definition) is 6. The number of fused-ring (bicyclic) bond motifs is 1. The molecule has 4 rings (SSSR count). The second-order valence-electron chi connectivity index (χ2n) is 6.35. The molecule has 26 heavy (non-hydrogen) atoms. The van der Waals surface area contributed by atoms with Gasteiger partial charge in [0.1, 0.15) is 5.01 Å². The number of carbonyl (C=O) groups is 1. The molecule has 1 aliphatic carbocycles. The Morgan fingerprint density at radius 1 is 1.38 bits per heavy atom. The lowest BCUT2D eigenvalue weighted by molar-refractivity contribution is -0.113. The van der Waals surface area contributed by atoms with Crippen LogP contribution in [0.5, 0.6) is 0 Å². The van der Waals surface area contributed by atoms with Crippen LogP contribution in [0.15, 0.2) is 35.1 Å². The van der Waals surface area contributed by atoms with Crippen molar-refractivity contribution in [2.75, 3.05) is 11.1 Å². The van der Waals surface area contributed by atoms with Crippen molar-refractivity contribution in [3.05, 3.63) is 57.0 Å². The van der Waals surface area contributed by atoms with Gasteiger partial charge in [0.05, 0.1) is 11.4 Å². The third-order valence-electron chi connectivity index (χ3n) is 4.14. The van der Waals surface area contributed by atoms with Crippen LogP contribution in [0, 0.1) is 6.92 Å². The fraction of sp³-hybridized carbons (Fsp3) is 0.333. The fourth-order valence-corrected chi connectivity index (χ4v) is 4.40. The quantitative estimate of drug-likeness (QED) is 0.704. The van der Waals surface area contributed by atoms with Crippen LogP contribution >= 0.6 is 23.1 Å². The van der Waals surface area contributed by atoms with E-state index in [1.807, 2.05) is 31.2 Å². The van der Waals surface area contributed by atoms with E-state index < -0.39 is 0 Å². The predicted octanol–water partition coefficient (Wildman–Crippen LogP) is 3.21. The summed E-state index contributed by atoms with van der Waals surface area (Å²) in [6, 6.07) is 9.19. The van der Waals surface area contributed by atoms with E-state index in [9.17, 15) is 9.59 Å². The molecule has 1 N–H and O–H groups in total. The van der Waals surface area contributed by atoms with Gasteiger partial charge in [-0.3, -0.25) is 9.59 Å². The summed E-state index contributed by atoms with van der Waals surface area (Å²) in [7, 11) is 0. The van der Waals surface area contributed by atoms with Gasteiger partial charge in [0.2, 0.25) is 10.9 Å². The second-order valence-corrected chi connectivity index (χ2v) is 8.32. The average molecular weight is 387 g/mol. The first kappa shape index (κ1) is 17.2. The van der Waals surface area contributed by atoms with Gasteiger partial charge < -0.3 is 5.32 Å². The zero-order valence-corrected chi connectivity index (χ0v) is 15.9. The van der Waals surface area contributed by atoms with Crippen LogP contribution in [0.2, 0.25) is 0 Å². The summed E-state index contributed by atoms with van der Waals surface area (Å²) in [6.07, 6.45) is 2.29. The number of aromatic nitrogens is 3. The van der Waals surface area contributed by atoms with E-state index in [4.69, 9.17) is 0 Å². The lowest BCUT2D eigenvalue weighted by Crippen LogP contribution is -2.16. The molecule has 1 aliphatic rings. The summed E-state index contributed by atoms with van der Waals surface area (Å²) >= 11 is 2.94. The summed E-state index contributed by atoms with van der Waals surface area (Å²) in [5.74, 6) is 1.27. The zero-order valence-electron chi connectivity index (χ0n) is 14.3. The molecule has 1 aromatic carbocycles. The lowest BCUT2D eigenvalue weighted by Gasteiger charge is -2.07. The predicted molar refractivity (Wildman–Crippen MR) is 105 cm³/mol. The molecular weight excluding hydrogens is 368 g/mol. The van der Waals surface area contributed by atoms with Crippen molar-refractivity contribution < 1.29 is 4.79 Å². The van der Waals surface area contributed by atoms with Gasteiger partial charge in [-0.1, -0.05) is 29.5 Å². The van der Waals surface area contributed by atoms with Crippen LogP contribution in [0.1, 0.15) is 35.0 Å². The molecule has 0 aliphatic heterocycles. The van der Waals surface area contributed by atoms with Gasteiger partial charge in [0, 0.05) is 23.4 Å². The van der Waals surface area contributed by atoms with E-state index in [0.717, 1.165) is 29.1 Å². The molecule has 0 radical (unpaired) electrons. The Kier molecular flexibility index (Phi) is 4.78. The minimum atomic E-state index is -0.155. The molecule has 1 saturated carbocycles. The minimum absolute atomic E-state index is 0.0593. The monoisotopic (exact) mass is 386 g/mol. The van der Waals surface area contributed by atoms with E-state index in [1.54, 1.807) is 0 Å². The molecule has 0 saturated heterocycles. The van der Waals surface area contributed by atoms with E-state index >= 15 is 0 Å². The molecule has 6 nitrogen and oxygen atoms in total. The summed E-state index contributed by atoms with van der Waals surface area (Å²) in [4.78, 5) is 29.5. The fourth-order valence-electron chi connectivity index (χ4n) is 2.59. The maximum atomic E-state index is 12.2. The average Bonchev–Trinajstić information content (AvgIpc) is 3.37. The van der Waals surface area contributed by atoms with Crippen molar-refractivity contribution in [2.24, 2.45) is 0 Å². The van der Waals surface area contributed by atoms with Crippen molar-refractivity contribution in [1.29, 1.82) is 0 Å². The van der Waals surface area contributed by atoms with Gasteiger partial charge in [0.15, 0.2) is 0 Å².